The summed E-state index contributed by atoms with van der Waals surface area (Å²) < 4.78 is 0. The van der Waals surface area contributed by atoms with Gasteiger partial charge in [-0.15, -0.1) is 0 Å². The van der Waals surface area contributed by atoms with Gasteiger partial charge in [0.15, 0.2) is 0 Å². The number of nitrogen functional groups attached to an aromatic ring is 1. The standard InChI is InChI=1S/C9H16N4/c1-5-6-7(11-12-8(6)10)9(2,3)13(5)4/h5H,1-4H3,(H3,10,11,12). The average Bonchev–Trinajstić information content (AvgIpc) is 2.50. The molecule has 0 aliphatic carbocycles. The number of nitrogens with two attached hydrogens (primary N) is 1. The van der Waals surface area contributed by atoms with Crippen LogP contribution in [-0.2, 0) is 5.54 Å². The van der Waals surface area contributed by atoms with Crippen molar-refractivity contribution in [1.29, 1.82) is 0 Å². The second kappa shape index (κ2) is 2.26. The smallest absolute Gasteiger partial charge is 0.150 e. The summed E-state index contributed by atoms with van der Waals surface area (Å²) in [5.74, 6) is 0.639. The maximum Gasteiger partial charge on any atom is 0.150 e. The number of nitrogens with zero attached hydrogens (tertiary/aromatic N) is 2. The Morgan fingerprint density at radius 3 is 2.69 bits per heavy atom. The Labute approximate surface area is 78.1 Å². The van der Waals surface area contributed by atoms with E-state index in [1.807, 2.05) is 0 Å². The Kier molecular flexibility index (Phi) is 1.49. The van der Waals surface area contributed by atoms with E-state index in [0.29, 0.717) is 11.9 Å². The van der Waals surface area contributed by atoms with Crippen LogP contribution in [0, 0.1) is 0 Å². The van der Waals surface area contributed by atoms with Crippen LogP contribution in [0.25, 0.3) is 0 Å². The molecule has 2 heterocycles. The Bertz CT molecular complexity index is 339. The van der Waals surface area contributed by atoms with Gasteiger partial charge in [0.25, 0.3) is 0 Å². The second-order valence-electron chi connectivity index (χ2n) is 4.24. The second-order valence-corrected chi connectivity index (χ2v) is 4.24. The third-order valence-corrected chi connectivity index (χ3v) is 3.33. The van der Waals surface area contributed by atoms with Gasteiger partial charge in [0.05, 0.1) is 11.2 Å². The third-order valence-electron chi connectivity index (χ3n) is 3.33. The minimum atomic E-state index is 0.0133. The maximum atomic E-state index is 5.80. The molecule has 0 saturated carbocycles. The molecular weight excluding hydrogens is 164 g/mol. The Hall–Kier alpha value is -1.03. The first-order valence-corrected chi connectivity index (χ1v) is 4.53. The molecule has 1 unspecified atom stereocenters. The molecule has 1 aromatic heterocycles. The van der Waals surface area contributed by atoms with Crippen LogP contribution in [-0.4, -0.2) is 22.1 Å². The number of aromatic amines is 1. The summed E-state index contributed by atoms with van der Waals surface area (Å²) in [5, 5.41) is 7.07. The van der Waals surface area contributed by atoms with E-state index >= 15 is 0 Å². The van der Waals surface area contributed by atoms with Gasteiger partial charge < -0.3 is 5.73 Å². The van der Waals surface area contributed by atoms with Gasteiger partial charge in [-0.3, -0.25) is 10.00 Å². The molecule has 4 nitrogen and oxygen atoms in total. The van der Waals surface area contributed by atoms with Crippen molar-refractivity contribution in [3.63, 3.8) is 0 Å². The van der Waals surface area contributed by atoms with E-state index in [1.54, 1.807) is 0 Å². The Morgan fingerprint density at radius 2 is 2.15 bits per heavy atom. The molecule has 1 aliphatic heterocycles. The molecule has 0 amide bonds. The predicted molar refractivity (Wildman–Crippen MR) is 52.2 cm³/mol. The zero-order valence-electron chi connectivity index (χ0n) is 8.55. The molecule has 0 bridgehead atoms. The number of hydrogen-bond acceptors (Lipinski definition) is 3. The van der Waals surface area contributed by atoms with Crippen LogP contribution in [0.3, 0.4) is 0 Å². The quantitative estimate of drug-likeness (QED) is 0.631. The number of hydrogen-bond donors (Lipinski definition) is 2. The topological polar surface area (TPSA) is 57.9 Å². The number of aromatic nitrogens is 2. The molecule has 2 rings (SSSR count). The van der Waals surface area contributed by atoms with Gasteiger partial charge in [0, 0.05) is 11.6 Å². The minimum absolute atomic E-state index is 0.0133. The Balaban J connectivity index is 2.62. The van der Waals surface area contributed by atoms with Gasteiger partial charge in [0.1, 0.15) is 5.82 Å². The highest BCUT2D eigenvalue weighted by molar-refractivity contribution is 5.49. The molecular formula is C9H16N4. The van der Waals surface area contributed by atoms with Crippen LogP contribution in [0.4, 0.5) is 5.82 Å². The van der Waals surface area contributed by atoms with E-state index in [1.165, 1.54) is 0 Å². The molecule has 0 spiro atoms. The van der Waals surface area contributed by atoms with E-state index in [-0.39, 0.29) is 5.54 Å². The van der Waals surface area contributed by atoms with Crippen LogP contribution in [0.2, 0.25) is 0 Å². The van der Waals surface area contributed by atoms with Gasteiger partial charge in [0.2, 0.25) is 0 Å². The Morgan fingerprint density at radius 1 is 1.54 bits per heavy atom. The van der Waals surface area contributed by atoms with Crippen LogP contribution >= 0.6 is 0 Å². The van der Waals surface area contributed by atoms with Crippen molar-refractivity contribution < 1.29 is 0 Å². The summed E-state index contributed by atoms with van der Waals surface area (Å²) in [6.45, 7) is 6.50. The molecule has 13 heavy (non-hydrogen) atoms. The molecule has 1 aliphatic rings. The van der Waals surface area contributed by atoms with Crippen molar-refractivity contribution in [2.75, 3.05) is 12.8 Å². The summed E-state index contributed by atoms with van der Waals surface area (Å²) in [7, 11) is 2.11. The van der Waals surface area contributed by atoms with Crippen molar-refractivity contribution in [3.8, 4) is 0 Å². The van der Waals surface area contributed by atoms with Gasteiger partial charge in [-0.2, -0.15) is 5.10 Å². The lowest BCUT2D eigenvalue weighted by Gasteiger charge is -2.30. The lowest BCUT2D eigenvalue weighted by Crippen LogP contribution is -2.34. The van der Waals surface area contributed by atoms with Crippen LogP contribution in [0.1, 0.15) is 38.1 Å². The number of nitrogens with one attached hydrogen (secondary N) is 1. The molecule has 0 radical (unpaired) electrons. The zero-order valence-corrected chi connectivity index (χ0v) is 8.55. The summed E-state index contributed by atoms with van der Waals surface area (Å²) in [6.07, 6.45) is 0. The maximum absolute atomic E-state index is 5.80. The fourth-order valence-electron chi connectivity index (χ4n) is 2.11. The molecule has 3 N–H and O–H groups in total. The molecule has 1 aromatic rings. The first-order valence-electron chi connectivity index (χ1n) is 4.53. The molecule has 0 fully saturated rings. The lowest BCUT2D eigenvalue weighted by atomic mass is 10.0. The molecule has 72 valence electrons. The zero-order chi connectivity index (χ0) is 9.80. The van der Waals surface area contributed by atoms with E-state index in [2.05, 4.69) is 42.9 Å². The number of rotatable bonds is 0. The van der Waals surface area contributed by atoms with Crippen molar-refractivity contribution in [1.82, 2.24) is 15.1 Å². The summed E-state index contributed by atoms with van der Waals surface area (Å²) >= 11 is 0. The van der Waals surface area contributed by atoms with E-state index in [9.17, 15) is 0 Å². The molecule has 1 atom stereocenters. The highest BCUT2D eigenvalue weighted by Crippen LogP contribution is 2.45. The molecule has 4 heteroatoms. The van der Waals surface area contributed by atoms with Crippen LogP contribution in [0.15, 0.2) is 0 Å². The van der Waals surface area contributed by atoms with Crippen molar-refractivity contribution in [3.05, 3.63) is 11.3 Å². The number of fused-ring (bicyclic) bond motifs is 1. The first kappa shape index (κ1) is 8.56. The monoisotopic (exact) mass is 180 g/mol. The highest BCUT2D eigenvalue weighted by atomic mass is 15.3. The molecule has 0 aromatic carbocycles. The van der Waals surface area contributed by atoms with Gasteiger partial charge in [-0.05, 0) is 27.8 Å². The van der Waals surface area contributed by atoms with Gasteiger partial charge in [-0.25, -0.2) is 0 Å². The van der Waals surface area contributed by atoms with Crippen molar-refractivity contribution in [2.24, 2.45) is 0 Å². The number of anilines is 1. The summed E-state index contributed by atoms with van der Waals surface area (Å²) in [6, 6.07) is 0.351. The predicted octanol–water partition coefficient (Wildman–Crippen LogP) is 1.23. The van der Waals surface area contributed by atoms with E-state index in [4.69, 9.17) is 5.73 Å². The molecule has 0 saturated heterocycles. The number of H-pyrrole nitrogens is 1. The lowest BCUT2D eigenvalue weighted by molar-refractivity contribution is 0.137. The first-order chi connectivity index (χ1) is 5.96. The van der Waals surface area contributed by atoms with Crippen molar-refractivity contribution >= 4 is 5.82 Å². The fraction of sp³-hybridized carbons (Fsp3) is 0.667. The fourth-order valence-corrected chi connectivity index (χ4v) is 2.11. The third kappa shape index (κ3) is 0.864. The highest BCUT2D eigenvalue weighted by Gasteiger charge is 2.42. The van der Waals surface area contributed by atoms with Crippen LogP contribution in [0.5, 0.6) is 0 Å². The average molecular weight is 180 g/mol. The SMILES string of the molecule is CC1c2c(N)n[nH]c2C(C)(C)N1C. The van der Waals surface area contributed by atoms with Gasteiger partial charge >= 0.3 is 0 Å². The normalized spacial score (nSPS) is 26.3. The van der Waals surface area contributed by atoms with E-state index in [0.717, 1.165) is 11.3 Å². The summed E-state index contributed by atoms with van der Waals surface area (Å²) in [5.41, 5.74) is 8.12. The van der Waals surface area contributed by atoms with Crippen molar-refractivity contribution in [2.45, 2.75) is 32.4 Å². The van der Waals surface area contributed by atoms with Gasteiger partial charge in [-0.1, -0.05) is 0 Å². The summed E-state index contributed by atoms with van der Waals surface area (Å²) in [4.78, 5) is 2.30. The van der Waals surface area contributed by atoms with E-state index < -0.39 is 0 Å². The van der Waals surface area contributed by atoms with Crippen LogP contribution < -0.4 is 5.73 Å². The largest absolute Gasteiger partial charge is 0.382 e. The minimum Gasteiger partial charge on any atom is -0.382 e.